The van der Waals surface area contributed by atoms with Crippen molar-refractivity contribution in [2.24, 2.45) is 5.92 Å². The van der Waals surface area contributed by atoms with Gasteiger partial charge in [0.25, 0.3) is 0 Å². The molecule has 0 fully saturated rings. The second-order valence-corrected chi connectivity index (χ2v) is 13.0. The number of carboxylic acid groups (broad SMARTS) is 1. The number of rotatable bonds is 15. The maximum absolute atomic E-state index is 13.8. The smallest absolute Gasteiger partial charge is 0.407 e. The molecule has 9 nitrogen and oxygen atoms in total. The van der Waals surface area contributed by atoms with Gasteiger partial charge in [-0.05, 0) is 70.7 Å². The van der Waals surface area contributed by atoms with E-state index in [0.717, 1.165) is 27.8 Å². The molecule has 0 aromatic heterocycles. The van der Waals surface area contributed by atoms with Crippen molar-refractivity contribution in [2.45, 2.75) is 63.6 Å². The number of nitrogens with one attached hydrogen (secondary N) is 3. The van der Waals surface area contributed by atoms with Crippen LogP contribution in [0.15, 0.2) is 103 Å². The van der Waals surface area contributed by atoms with Crippen molar-refractivity contribution in [1.29, 1.82) is 0 Å². The van der Waals surface area contributed by atoms with Crippen LogP contribution >= 0.6 is 0 Å². The molecule has 4 N–H and O–H groups in total. The topological polar surface area (TPSA) is 134 Å². The van der Waals surface area contributed by atoms with Crippen molar-refractivity contribution in [3.05, 3.63) is 131 Å². The molecule has 0 heterocycles. The van der Waals surface area contributed by atoms with Gasteiger partial charge in [0.05, 0.1) is 0 Å². The maximum Gasteiger partial charge on any atom is 0.407 e. The van der Waals surface area contributed by atoms with Gasteiger partial charge in [0, 0.05) is 12.3 Å². The highest BCUT2D eigenvalue weighted by Gasteiger charge is 2.32. The van der Waals surface area contributed by atoms with E-state index in [1.54, 1.807) is 0 Å². The van der Waals surface area contributed by atoms with Gasteiger partial charge in [-0.15, -0.1) is 0 Å². The Morgan fingerprint density at radius 2 is 1.26 bits per heavy atom. The van der Waals surface area contributed by atoms with Crippen molar-refractivity contribution in [1.82, 2.24) is 16.0 Å². The summed E-state index contributed by atoms with van der Waals surface area (Å²) >= 11 is 0. The lowest BCUT2D eigenvalue weighted by Gasteiger charge is -2.26. The number of benzene rings is 4. The number of fused-ring (bicyclic) bond motifs is 3. The number of carbonyl (C=O) groups excluding carboxylic acids is 3. The summed E-state index contributed by atoms with van der Waals surface area (Å²) in [5.41, 5.74) is 5.78. The fourth-order valence-corrected chi connectivity index (χ4v) is 6.31. The number of carboxylic acids is 1. The van der Waals surface area contributed by atoms with E-state index in [1.807, 2.05) is 92.7 Å². The molecular weight excluding hydrogens is 637 g/mol. The van der Waals surface area contributed by atoms with E-state index in [9.17, 15) is 28.7 Å². The summed E-state index contributed by atoms with van der Waals surface area (Å²) in [5, 5.41) is 17.9. The number of carbonyl (C=O) groups is 4. The highest BCUT2D eigenvalue weighted by Crippen LogP contribution is 2.44. The lowest BCUT2D eigenvalue weighted by atomic mass is 9.98. The number of amides is 3. The van der Waals surface area contributed by atoms with Crippen LogP contribution in [-0.2, 0) is 32.0 Å². The fraction of sp³-hybridized carbons (Fsp3) is 0.300. The molecule has 3 atom stereocenters. The molecule has 0 spiro atoms. The molecule has 0 radical (unpaired) electrons. The van der Waals surface area contributed by atoms with Gasteiger partial charge >= 0.3 is 12.1 Å². The molecule has 0 bridgehead atoms. The third kappa shape index (κ3) is 9.34. The molecular formula is C40H42FN3O6. The van der Waals surface area contributed by atoms with E-state index in [-0.39, 0.29) is 37.7 Å². The van der Waals surface area contributed by atoms with Crippen LogP contribution < -0.4 is 16.0 Å². The standard InChI is InChI=1S/C40H42FN3O6/c1-25(2)22-35(38(46)43-36(39(47)48)23-27-16-19-28(41)20-17-27)42-37(45)34(21-18-26-10-4-3-5-11-26)44-40(49)50-24-33-31-14-8-6-12-29(31)30-13-7-9-15-32(30)33/h3-17,19-20,25,33-36H,18,21-24H2,1-2H3,(H,42,45)(H,43,46)(H,44,49)(H,47,48)/t34-,35-,36-/m0/s1. The number of ether oxygens (including phenoxy) is 1. The summed E-state index contributed by atoms with van der Waals surface area (Å²) in [5.74, 6) is -3.21. The summed E-state index contributed by atoms with van der Waals surface area (Å²) < 4.78 is 19.1. The van der Waals surface area contributed by atoms with E-state index < -0.39 is 47.8 Å². The van der Waals surface area contributed by atoms with E-state index in [2.05, 4.69) is 16.0 Å². The van der Waals surface area contributed by atoms with Crippen LogP contribution in [0.2, 0.25) is 0 Å². The van der Waals surface area contributed by atoms with E-state index in [1.165, 1.54) is 24.3 Å². The molecule has 0 saturated carbocycles. The number of hydrogen-bond acceptors (Lipinski definition) is 5. The van der Waals surface area contributed by atoms with Gasteiger partial charge in [-0.3, -0.25) is 9.59 Å². The molecule has 0 saturated heterocycles. The van der Waals surface area contributed by atoms with Crippen molar-refractivity contribution in [2.75, 3.05) is 6.61 Å². The minimum atomic E-state index is -1.31. The zero-order valence-corrected chi connectivity index (χ0v) is 28.1. The highest BCUT2D eigenvalue weighted by atomic mass is 19.1. The Hall–Kier alpha value is -5.51. The van der Waals surface area contributed by atoms with Crippen LogP contribution in [-0.4, -0.2) is 53.7 Å². The Kier molecular flexibility index (Phi) is 12.0. The summed E-state index contributed by atoms with van der Waals surface area (Å²) in [6.45, 7) is 3.82. The predicted molar refractivity (Wildman–Crippen MR) is 188 cm³/mol. The average Bonchev–Trinajstić information content (AvgIpc) is 3.43. The highest BCUT2D eigenvalue weighted by molar-refractivity contribution is 5.93. The zero-order chi connectivity index (χ0) is 35.6. The monoisotopic (exact) mass is 679 g/mol. The van der Waals surface area contributed by atoms with E-state index in [4.69, 9.17) is 4.74 Å². The molecule has 50 heavy (non-hydrogen) atoms. The summed E-state index contributed by atoms with van der Waals surface area (Å²) in [7, 11) is 0. The van der Waals surface area contributed by atoms with Crippen molar-refractivity contribution in [3.8, 4) is 11.1 Å². The normalized spacial score (nSPS) is 13.8. The van der Waals surface area contributed by atoms with Crippen molar-refractivity contribution < 1.29 is 33.4 Å². The number of halogens is 1. The summed E-state index contributed by atoms with van der Waals surface area (Å²) in [6.07, 6.45) is 0.0554. The SMILES string of the molecule is CC(C)C[C@H](NC(=O)[C@H](CCc1ccccc1)NC(=O)OCC1c2ccccc2-c2ccccc21)C(=O)N[C@@H](Cc1ccc(F)cc1)C(=O)O. The molecule has 0 aliphatic heterocycles. The number of aliphatic carboxylic acids is 1. The van der Waals surface area contributed by atoms with E-state index in [0.29, 0.717) is 12.0 Å². The molecule has 4 aromatic carbocycles. The van der Waals surface area contributed by atoms with Gasteiger partial charge < -0.3 is 25.8 Å². The second kappa shape index (κ2) is 16.7. The first-order valence-corrected chi connectivity index (χ1v) is 16.8. The van der Waals surface area contributed by atoms with Gasteiger partial charge in [-0.2, -0.15) is 0 Å². The number of aryl methyl sites for hydroxylation is 1. The molecule has 3 amide bonds. The van der Waals surface area contributed by atoms with Gasteiger partial charge in [0.1, 0.15) is 30.5 Å². The first-order valence-electron chi connectivity index (χ1n) is 16.8. The third-order valence-corrected chi connectivity index (χ3v) is 8.82. The Labute approximate surface area is 291 Å². The molecule has 1 aliphatic carbocycles. The maximum atomic E-state index is 13.8. The van der Waals surface area contributed by atoms with Crippen LogP contribution in [0.4, 0.5) is 9.18 Å². The van der Waals surface area contributed by atoms with Gasteiger partial charge in [-0.1, -0.05) is 105 Å². The molecule has 10 heteroatoms. The van der Waals surface area contributed by atoms with Gasteiger partial charge in [0.2, 0.25) is 11.8 Å². The Bertz CT molecular complexity index is 1750. The molecule has 5 rings (SSSR count). The van der Waals surface area contributed by atoms with Crippen LogP contribution in [0.25, 0.3) is 11.1 Å². The fourth-order valence-electron chi connectivity index (χ4n) is 6.31. The largest absolute Gasteiger partial charge is 0.480 e. The van der Waals surface area contributed by atoms with Crippen LogP contribution in [0.3, 0.4) is 0 Å². The van der Waals surface area contributed by atoms with Gasteiger partial charge in [0.15, 0.2) is 0 Å². The number of hydrogen-bond donors (Lipinski definition) is 4. The van der Waals surface area contributed by atoms with E-state index >= 15 is 0 Å². The summed E-state index contributed by atoms with van der Waals surface area (Å²) in [4.78, 5) is 52.7. The predicted octanol–water partition coefficient (Wildman–Crippen LogP) is 6.01. The number of alkyl carbamates (subject to hydrolysis) is 1. The van der Waals surface area contributed by atoms with Gasteiger partial charge in [-0.25, -0.2) is 14.0 Å². The lowest BCUT2D eigenvalue weighted by Crippen LogP contribution is -2.56. The minimum absolute atomic E-state index is 0.0377. The first-order chi connectivity index (χ1) is 24.1. The zero-order valence-electron chi connectivity index (χ0n) is 28.1. The van der Waals surface area contributed by atoms with Crippen molar-refractivity contribution in [3.63, 3.8) is 0 Å². The Balaban J connectivity index is 1.28. The Morgan fingerprint density at radius 3 is 1.86 bits per heavy atom. The molecule has 260 valence electrons. The minimum Gasteiger partial charge on any atom is -0.480 e. The third-order valence-electron chi connectivity index (χ3n) is 8.82. The Morgan fingerprint density at radius 1 is 0.700 bits per heavy atom. The summed E-state index contributed by atoms with van der Waals surface area (Å²) in [6, 6.07) is 27.4. The van der Waals surface area contributed by atoms with Crippen molar-refractivity contribution >= 4 is 23.9 Å². The molecule has 1 aliphatic rings. The average molecular weight is 680 g/mol. The van der Waals surface area contributed by atoms with Crippen LogP contribution in [0.1, 0.15) is 54.9 Å². The molecule has 0 unspecified atom stereocenters. The first kappa shape index (κ1) is 35.8. The molecule has 4 aromatic rings. The lowest BCUT2D eigenvalue weighted by molar-refractivity contribution is -0.142. The van der Waals surface area contributed by atoms with Crippen LogP contribution in [0.5, 0.6) is 0 Å². The van der Waals surface area contributed by atoms with Crippen LogP contribution in [0, 0.1) is 11.7 Å². The quantitative estimate of drug-likeness (QED) is 0.122. The second-order valence-electron chi connectivity index (χ2n) is 13.0.